The summed E-state index contributed by atoms with van der Waals surface area (Å²) in [5.41, 5.74) is -0.404. The van der Waals surface area contributed by atoms with Gasteiger partial charge in [0.25, 0.3) is 10.9 Å². The molecule has 0 aliphatic rings. The number of hydrogen-bond acceptors (Lipinski definition) is 9. The fraction of sp³-hybridized carbons (Fsp3) is 0.750. The molecule has 9 nitrogen and oxygen atoms in total. The predicted molar refractivity (Wildman–Crippen MR) is 112 cm³/mol. The molecule has 0 heterocycles. The van der Waals surface area contributed by atoms with E-state index in [1.807, 2.05) is 20.8 Å². The molecular formula is C20H34N2O7. The van der Waals surface area contributed by atoms with Crippen molar-refractivity contribution in [1.29, 1.82) is 0 Å². The Hall–Kier alpha value is -1.81. The van der Waals surface area contributed by atoms with Gasteiger partial charge in [-0.05, 0) is 13.8 Å². The molecule has 0 aromatic heterocycles. The van der Waals surface area contributed by atoms with E-state index >= 15 is 0 Å². The minimum atomic E-state index is -0.513. The Morgan fingerprint density at radius 3 is 1.79 bits per heavy atom. The zero-order chi connectivity index (χ0) is 21.5. The molecule has 0 saturated heterocycles. The third-order valence-corrected chi connectivity index (χ3v) is 3.98. The van der Waals surface area contributed by atoms with E-state index in [0.717, 1.165) is 0 Å². The molecule has 0 unspecified atom stereocenters. The number of carbonyl (C=O) groups is 1. The number of anilines is 2. The zero-order valence-electron chi connectivity index (χ0n) is 17.7. The normalized spacial score (nSPS) is 11.3. The van der Waals surface area contributed by atoms with Crippen molar-refractivity contribution in [2.24, 2.45) is 0 Å². The lowest BCUT2D eigenvalue weighted by molar-refractivity contribution is -0.120. The highest BCUT2D eigenvalue weighted by Crippen LogP contribution is 2.13. The minimum Gasteiger partial charge on any atom is -0.379 e. The van der Waals surface area contributed by atoms with Crippen LogP contribution in [0.25, 0.3) is 0 Å². The first-order valence-electron chi connectivity index (χ1n) is 10.1. The van der Waals surface area contributed by atoms with Crippen LogP contribution in [-0.2, 0) is 23.7 Å². The number of ether oxygens (including phenoxy) is 4. The highest BCUT2D eigenvalue weighted by Gasteiger charge is 2.19. The third-order valence-electron chi connectivity index (χ3n) is 3.98. The average Bonchev–Trinajstić information content (AvgIpc) is 2.71. The van der Waals surface area contributed by atoms with E-state index in [2.05, 4.69) is 10.6 Å². The molecule has 0 spiro atoms. The molecule has 29 heavy (non-hydrogen) atoms. The first kappa shape index (κ1) is 25.2. The number of rotatable bonds is 19. The van der Waals surface area contributed by atoms with Gasteiger partial charge in [-0.15, -0.1) is 0 Å². The Bertz CT molecular complexity index is 654. The Labute approximate surface area is 171 Å². The van der Waals surface area contributed by atoms with Gasteiger partial charge in [-0.1, -0.05) is 6.92 Å². The van der Waals surface area contributed by atoms with Gasteiger partial charge in [0.1, 0.15) is 17.2 Å². The molecule has 0 amide bonds. The van der Waals surface area contributed by atoms with Crippen LogP contribution < -0.4 is 21.5 Å². The smallest absolute Gasteiger partial charge is 0.253 e. The summed E-state index contributed by atoms with van der Waals surface area (Å²) in [6, 6.07) is 0. The van der Waals surface area contributed by atoms with Gasteiger partial charge >= 0.3 is 0 Å². The Morgan fingerprint density at radius 2 is 1.28 bits per heavy atom. The molecule has 1 aromatic carbocycles. The van der Waals surface area contributed by atoms with E-state index in [4.69, 9.17) is 18.9 Å². The fourth-order valence-corrected chi connectivity index (χ4v) is 2.35. The number of carbonyl (C=O) groups excluding carboxylic acids is 1. The highest BCUT2D eigenvalue weighted by molar-refractivity contribution is 5.78. The average molecular weight is 414 g/mol. The minimum absolute atomic E-state index is 0.118. The maximum atomic E-state index is 11.6. The van der Waals surface area contributed by atoms with Gasteiger partial charge < -0.3 is 29.6 Å². The molecule has 0 saturated carbocycles. The summed E-state index contributed by atoms with van der Waals surface area (Å²) >= 11 is 0. The van der Waals surface area contributed by atoms with Crippen molar-refractivity contribution < 1.29 is 23.7 Å². The summed E-state index contributed by atoms with van der Waals surface area (Å²) < 4.78 is 21.5. The van der Waals surface area contributed by atoms with Crippen LogP contribution in [-0.4, -0.2) is 71.2 Å². The molecule has 1 aromatic rings. The van der Waals surface area contributed by atoms with Crippen molar-refractivity contribution in [2.75, 3.05) is 70.0 Å². The summed E-state index contributed by atoms with van der Waals surface area (Å²) in [7, 11) is 0. The monoisotopic (exact) mass is 414 g/mol. The highest BCUT2D eigenvalue weighted by atomic mass is 16.5. The summed E-state index contributed by atoms with van der Waals surface area (Å²) in [6.07, 6.45) is 1.10. The molecule has 2 N–H and O–H groups in total. The third kappa shape index (κ3) is 10.5. The lowest BCUT2D eigenvalue weighted by atomic mass is 10.2. The van der Waals surface area contributed by atoms with Gasteiger partial charge in [-0.25, -0.2) is 0 Å². The van der Waals surface area contributed by atoms with E-state index < -0.39 is 10.9 Å². The molecule has 0 radical (unpaired) electrons. The van der Waals surface area contributed by atoms with E-state index in [-0.39, 0.29) is 11.9 Å². The Kier molecular flexibility index (Phi) is 13.1. The van der Waals surface area contributed by atoms with Crippen molar-refractivity contribution in [3.05, 3.63) is 20.4 Å². The van der Waals surface area contributed by atoms with Crippen LogP contribution in [0.4, 0.5) is 11.4 Å². The van der Waals surface area contributed by atoms with E-state index in [9.17, 15) is 14.4 Å². The molecule has 0 aliphatic carbocycles. The second kappa shape index (κ2) is 15.1. The summed E-state index contributed by atoms with van der Waals surface area (Å²) in [5, 5.41) is 5.87. The first-order chi connectivity index (χ1) is 14.0. The van der Waals surface area contributed by atoms with Crippen LogP contribution in [0.1, 0.15) is 33.6 Å². The van der Waals surface area contributed by atoms with Crippen LogP contribution in [0.15, 0.2) is 9.59 Å². The van der Waals surface area contributed by atoms with Gasteiger partial charge in [0, 0.05) is 25.9 Å². The Balaban J connectivity index is 2.01. The van der Waals surface area contributed by atoms with Crippen LogP contribution >= 0.6 is 0 Å². The number of nitrogens with one attached hydrogen (secondary N) is 2. The second-order valence-electron chi connectivity index (χ2n) is 6.66. The molecule has 0 fully saturated rings. The standard InChI is InChI=1S/C20H34N2O7/c1-4-16(23)5-8-26-11-13-28-14-12-27-9-6-21-17-18(20(25)19(17)24)22-7-10-29-15(2)3/h15,21-22H,4-14H2,1-3H3. The molecule has 0 bridgehead atoms. The maximum absolute atomic E-state index is 11.6. The Morgan fingerprint density at radius 1 is 0.793 bits per heavy atom. The summed E-state index contributed by atoms with van der Waals surface area (Å²) in [6.45, 7) is 9.58. The van der Waals surface area contributed by atoms with Gasteiger partial charge in [0.2, 0.25) is 0 Å². The number of Topliss-reactive ketones (excluding diaryl/α,β-unsaturated/α-hetero) is 1. The molecule has 0 atom stereocenters. The van der Waals surface area contributed by atoms with E-state index in [1.54, 1.807) is 0 Å². The van der Waals surface area contributed by atoms with E-state index in [1.165, 1.54) is 0 Å². The second-order valence-corrected chi connectivity index (χ2v) is 6.66. The van der Waals surface area contributed by atoms with E-state index in [0.29, 0.717) is 83.6 Å². The molecule has 166 valence electrons. The van der Waals surface area contributed by atoms with Crippen LogP contribution in [0.5, 0.6) is 0 Å². The molecule has 1 rings (SSSR count). The molecule has 9 heteroatoms. The van der Waals surface area contributed by atoms with Crippen LogP contribution in [0, 0.1) is 0 Å². The zero-order valence-corrected chi connectivity index (χ0v) is 17.7. The number of hydrogen-bond donors (Lipinski definition) is 2. The first-order valence-corrected chi connectivity index (χ1v) is 10.1. The number of ketones is 1. The molecular weight excluding hydrogens is 380 g/mol. The molecule has 0 aliphatic heterocycles. The van der Waals surface area contributed by atoms with Gasteiger partial charge in [0.15, 0.2) is 0 Å². The SMILES string of the molecule is CCC(=O)CCOCCOCCOCCNc1c(NCCOC(C)C)c(=O)c1=O. The van der Waals surface area contributed by atoms with Crippen LogP contribution in [0.2, 0.25) is 0 Å². The van der Waals surface area contributed by atoms with Crippen molar-refractivity contribution in [1.82, 2.24) is 0 Å². The van der Waals surface area contributed by atoms with Crippen molar-refractivity contribution in [3.63, 3.8) is 0 Å². The van der Waals surface area contributed by atoms with Crippen molar-refractivity contribution >= 4 is 17.2 Å². The van der Waals surface area contributed by atoms with Gasteiger partial charge in [-0.3, -0.25) is 14.4 Å². The fourth-order valence-electron chi connectivity index (χ4n) is 2.35. The van der Waals surface area contributed by atoms with Gasteiger partial charge in [-0.2, -0.15) is 0 Å². The summed E-state index contributed by atoms with van der Waals surface area (Å²) in [5.74, 6) is 0.194. The predicted octanol–water partition coefficient (Wildman–Crippen LogP) is 0.950. The van der Waals surface area contributed by atoms with Crippen molar-refractivity contribution in [2.45, 2.75) is 39.7 Å². The maximum Gasteiger partial charge on any atom is 0.253 e. The van der Waals surface area contributed by atoms with Crippen molar-refractivity contribution in [3.8, 4) is 0 Å². The lowest BCUT2D eigenvalue weighted by Crippen LogP contribution is -2.38. The lowest BCUT2D eigenvalue weighted by Gasteiger charge is -2.15. The summed E-state index contributed by atoms with van der Waals surface area (Å²) in [4.78, 5) is 34.4. The van der Waals surface area contributed by atoms with Crippen LogP contribution in [0.3, 0.4) is 0 Å². The quantitative estimate of drug-likeness (QED) is 0.252. The topological polar surface area (TPSA) is 112 Å². The largest absolute Gasteiger partial charge is 0.379 e. The van der Waals surface area contributed by atoms with Gasteiger partial charge in [0.05, 0.1) is 52.4 Å².